The third-order valence-corrected chi connectivity index (χ3v) is 10.8. The summed E-state index contributed by atoms with van der Waals surface area (Å²) in [5.74, 6) is -0.215. The minimum Gasteiger partial charge on any atom is -0.394 e. The predicted octanol–water partition coefficient (Wildman–Crippen LogP) is 3.09. The standard InChI is InChI=1S/C40H77NO13/c1-3-5-7-9-11-12-13-14-15-16-18-19-21-23-29(44)28(41-32(45)24-22-20-17-10-8-6-4-2)27-51-39-37(50)35(48)38(31(26-43)53-39)54-40-36(49)34(47)33(46)30(25-42)52-40/h28-31,33-40,42-44,46-50H,3-27H2,1-2H3,(H,41,45). The van der Waals surface area contributed by atoms with Gasteiger partial charge in [0.05, 0.1) is 32.0 Å². The maximum Gasteiger partial charge on any atom is 0.220 e. The van der Waals surface area contributed by atoms with E-state index in [0.717, 1.165) is 51.4 Å². The number of amides is 1. The number of nitrogens with one attached hydrogen (secondary N) is 1. The highest BCUT2D eigenvalue weighted by Crippen LogP contribution is 2.30. The molecule has 0 aromatic heterocycles. The summed E-state index contributed by atoms with van der Waals surface area (Å²) in [5, 5.41) is 86.2. The molecule has 0 spiro atoms. The Hall–Kier alpha value is -1.01. The monoisotopic (exact) mass is 780 g/mol. The van der Waals surface area contributed by atoms with Crippen molar-refractivity contribution in [3.63, 3.8) is 0 Å². The molecular formula is C40H77NO13. The number of hydrogen-bond acceptors (Lipinski definition) is 13. The molecule has 54 heavy (non-hydrogen) atoms. The van der Waals surface area contributed by atoms with E-state index in [9.17, 15) is 45.6 Å². The lowest BCUT2D eigenvalue weighted by molar-refractivity contribution is -0.359. The van der Waals surface area contributed by atoms with Crippen LogP contribution in [-0.2, 0) is 23.7 Å². The van der Waals surface area contributed by atoms with Gasteiger partial charge in [0.15, 0.2) is 12.6 Å². The van der Waals surface area contributed by atoms with Crippen molar-refractivity contribution in [2.24, 2.45) is 0 Å². The largest absolute Gasteiger partial charge is 0.394 e. The van der Waals surface area contributed by atoms with Crippen LogP contribution in [0.25, 0.3) is 0 Å². The summed E-state index contributed by atoms with van der Waals surface area (Å²) in [6.07, 6.45) is 7.15. The minimum absolute atomic E-state index is 0.215. The van der Waals surface area contributed by atoms with E-state index in [4.69, 9.17) is 18.9 Å². The molecule has 2 fully saturated rings. The second-order valence-electron chi connectivity index (χ2n) is 15.5. The van der Waals surface area contributed by atoms with Crippen molar-refractivity contribution in [3.05, 3.63) is 0 Å². The second-order valence-corrected chi connectivity index (χ2v) is 15.5. The number of carbonyl (C=O) groups excluding carboxylic acids is 1. The fraction of sp³-hybridized carbons (Fsp3) is 0.975. The van der Waals surface area contributed by atoms with Crippen LogP contribution in [-0.4, -0.2) is 140 Å². The molecular weight excluding hydrogens is 702 g/mol. The van der Waals surface area contributed by atoms with Crippen molar-refractivity contribution in [1.82, 2.24) is 5.32 Å². The summed E-state index contributed by atoms with van der Waals surface area (Å²) in [6.45, 7) is 2.77. The first-order valence-corrected chi connectivity index (χ1v) is 21.3. The Morgan fingerprint density at radius 1 is 0.593 bits per heavy atom. The Bertz CT molecular complexity index is 930. The molecule has 2 rings (SSSR count). The molecule has 320 valence electrons. The Morgan fingerprint density at radius 3 is 1.57 bits per heavy atom. The van der Waals surface area contributed by atoms with Crippen molar-refractivity contribution >= 4 is 5.91 Å². The van der Waals surface area contributed by atoms with E-state index >= 15 is 0 Å². The van der Waals surface area contributed by atoms with Gasteiger partial charge in [0.25, 0.3) is 0 Å². The van der Waals surface area contributed by atoms with Crippen LogP contribution in [0.15, 0.2) is 0 Å². The number of aliphatic hydroxyl groups excluding tert-OH is 8. The van der Waals surface area contributed by atoms with E-state index in [-0.39, 0.29) is 12.5 Å². The van der Waals surface area contributed by atoms with Gasteiger partial charge < -0.3 is 65.1 Å². The Kier molecular flexibility index (Phi) is 26.6. The van der Waals surface area contributed by atoms with Crippen LogP contribution in [0.1, 0.15) is 155 Å². The third kappa shape index (κ3) is 18.1. The van der Waals surface area contributed by atoms with Gasteiger partial charge in [-0.25, -0.2) is 0 Å². The summed E-state index contributed by atoms with van der Waals surface area (Å²) >= 11 is 0. The summed E-state index contributed by atoms with van der Waals surface area (Å²) in [6, 6.07) is -0.817. The van der Waals surface area contributed by atoms with Crippen LogP contribution in [0.5, 0.6) is 0 Å². The number of ether oxygens (including phenoxy) is 4. The van der Waals surface area contributed by atoms with Gasteiger partial charge in [0, 0.05) is 6.42 Å². The van der Waals surface area contributed by atoms with Crippen molar-refractivity contribution in [2.75, 3.05) is 19.8 Å². The third-order valence-electron chi connectivity index (χ3n) is 10.8. The molecule has 0 radical (unpaired) electrons. The molecule has 0 aromatic carbocycles. The number of carbonyl (C=O) groups is 1. The van der Waals surface area contributed by atoms with Gasteiger partial charge in [0.2, 0.25) is 5.91 Å². The molecule has 2 aliphatic heterocycles. The predicted molar refractivity (Wildman–Crippen MR) is 203 cm³/mol. The Morgan fingerprint density at radius 2 is 1.06 bits per heavy atom. The maximum absolute atomic E-state index is 13.0. The molecule has 0 saturated carbocycles. The summed E-state index contributed by atoms with van der Waals surface area (Å²) in [5.41, 5.74) is 0. The lowest BCUT2D eigenvalue weighted by Gasteiger charge is -2.46. The normalized spacial score (nSPS) is 30.0. The maximum atomic E-state index is 13.0. The SMILES string of the molecule is CCCCCCCCCCCCCCCC(O)C(COC1OC(CO)C(OC2OC(CO)C(O)C(O)C2O)C(O)C1O)NC(=O)CCCCCCCCC. The second kappa shape index (κ2) is 29.2. The Balaban J connectivity index is 1.90. The van der Waals surface area contributed by atoms with E-state index in [2.05, 4.69) is 19.2 Å². The first-order chi connectivity index (χ1) is 26.1. The smallest absolute Gasteiger partial charge is 0.220 e. The van der Waals surface area contributed by atoms with E-state index in [1.165, 1.54) is 77.0 Å². The number of rotatable bonds is 31. The molecule has 2 heterocycles. The molecule has 0 bridgehead atoms. The van der Waals surface area contributed by atoms with E-state index in [1.807, 2.05) is 0 Å². The molecule has 0 aromatic rings. The molecule has 12 unspecified atom stereocenters. The minimum atomic E-state index is -1.78. The van der Waals surface area contributed by atoms with Crippen molar-refractivity contribution in [1.29, 1.82) is 0 Å². The molecule has 14 nitrogen and oxygen atoms in total. The van der Waals surface area contributed by atoms with Gasteiger partial charge in [-0.05, 0) is 12.8 Å². The number of unbranched alkanes of at least 4 members (excludes halogenated alkanes) is 18. The van der Waals surface area contributed by atoms with Gasteiger partial charge in [-0.3, -0.25) is 4.79 Å². The van der Waals surface area contributed by atoms with Crippen LogP contribution in [0.2, 0.25) is 0 Å². The fourth-order valence-electron chi connectivity index (χ4n) is 7.23. The van der Waals surface area contributed by atoms with Gasteiger partial charge >= 0.3 is 0 Å². The molecule has 14 heteroatoms. The topological polar surface area (TPSA) is 228 Å². The van der Waals surface area contributed by atoms with Crippen LogP contribution in [0.4, 0.5) is 0 Å². The zero-order chi connectivity index (χ0) is 39.7. The molecule has 2 aliphatic rings. The number of aliphatic hydroxyl groups is 8. The fourth-order valence-corrected chi connectivity index (χ4v) is 7.23. The van der Waals surface area contributed by atoms with E-state index < -0.39 is 86.8 Å². The lowest BCUT2D eigenvalue weighted by atomic mass is 9.97. The van der Waals surface area contributed by atoms with Gasteiger partial charge in [-0.2, -0.15) is 0 Å². The summed E-state index contributed by atoms with van der Waals surface area (Å²) in [4.78, 5) is 13.0. The zero-order valence-electron chi connectivity index (χ0n) is 33.2. The van der Waals surface area contributed by atoms with Crippen molar-refractivity contribution < 1.29 is 64.6 Å². The zero-order valence-corrected chi connectivity index (χ0v) is 33.2. The quantitative estimate of drug-likeness (QED) is 0.0462. The highest BCUT2D eigenvalue weighted by Gasteiger charge is 2.50. The van der Waals surface area contributed by atoms with E-state index in [0.29, 0.717) is 12.8 Å². The highest BCUT2D eigenvalue weighted by molar-refractivity contribution is 5.76. The molecule has 2 saturated heterocycles. The van der Waals surface area contributed by atoms with Crippen molar-refractivity contribution in [2.45, 2.75) is 229 Å². The summed E-state index contributed by atoms with van der Waals surface area (Å²) < 4.78 is 22.6. The first-order valence-electron chi connectivity index (χ1n) is 21.3. The summed E-state index contributed by atoms with van der Waals surface area (Å²) in [7, 11) is 0. The molecule has 9 N–H and O–H groups in total. The molecule has 1 amide bonds. The van der Waals surface area contributed by atoms with Crippen molar-refractivity contribution in [3.8, 4) is 0 Å². The first kappa shape index (κ1) is 49.1. The lowest BCUT2D eigenvalue weighted by Crippen LogP contribution is -2.65. The number of hydrogen-bond donors (Lipinski definition) is 9. The van der Waals surface area contributed by atoms with Gasteiger partial charge in [0.1, 0.15) is 48.8 Å². The van der Waals surface area contributed by atoms with E-state index in [1.54, 1.807) is 0 Å². The molecule has 12 atom stereocenters. The van der Waals surface area contributed by atoms with Crippen LogP contribution < -0.4 is 5.32 Å². The van der Waals surface area contributed by atoms with Crippen LogP contribution >= 0.6 is 0 Å². The van der Waals surface area contributed by atoms with Crippen LogP contribution in [0.3, 0.4) is 0 Å². The van der Waals surface area contributed by atoms with Gasteiger partial charge in [-0.1, -0.05) is 136 Å². The van der Waals surface area contributed by atoms with Crippen LogP contribution in [0, 0.1) is 0 Å². The van der Waals surface area contributed by atoms with Gasteiger partial charge in [-0.15, -0.1) is 0 Å². The average molecular weight is 780 g/mol. The molecule has 0 aliphatic carbocycles. The Labute approximate surface area is 323 Å². The average Bonchev–Trinajstić information content (AvgIpc) is 3.17. The highest BCUT2D eigenvalue weighted by atomic mass is 16.7.